The molecule has 28 heavy (non-hydrogen) atoms. The molecule has 0 unspecified atom stereocenters. The molecule has 0 aliphatic rings. The Kier molecular flexibility index (Phi) is 8.52. The molecule has 0 saturated heterocycles. The highest BCUT2D eigenvalue weighted by Gasteiger charge is 2.26. The second-order valence-electron chi connectivity index (χ2n) is 7.41. The zero-order valence-electron chi connectivity index (χ0n) is 16.8. The third kappa shape index (κ3) is 6.68. The molecule has 2 rings (SSSR count). The first kappa shape index (κ1) is 22.0. The molecular weight excluding hydrogens is 372 g/mol. The zero-order valence-corrected chi connectivity index (χ0v) is 17.6. The lowest BCUT2D eigenvalue weighted by Crippen LogP contribution is -2.49. The lowest BCUT2D eigenvalue weighted by molar-refractivity contribution is -0.139. The Morgan fingerprint density at radius 2 is 1.64 bits per heavy atom. The van der Waals surface area contributed by atoms with Crippen molar-refractivity contribution in [2.24, 2.45) is 5.92 Å². The van der Waals surface area contributed by atoms with Crippen LogP contribution in [0.4, 0.5) is 0 Å². The molecule has 1 N–H and O–H groups in total. The molecule has 5 heteroatoms. The number of halogens is 1. The van der Waals surface area contributed by atoms with Gasteiger partial charge in [-0.05, 0) is 36.5 Å². The summed E-state index contributed by atoms with van der Waals surface area (Å²) in [7, 11) is 0. The summed E-state index contributed by atoms with van der Waals surface area (Å²) in [5.41, 5.74) is 1.90. The summed E-state index contributed by atoms with van der Waals surface area (Å²) in [5, 5.41) is 3.50. The van der Waals surface area contributed by atoms with Crippen molar-refractivity contribution in [2.45, 2.75) is 39.7 Å². The number of rotatable bonds is 9. The fourth-order valence-corrected chi connectivity index (χ4v) is 3.13. The summed E-state index contributed by atoms with van der Waals surface area (Å²) in [5.74, 6) is 0.123. The fourth-order valence-electron chi connectivity index (χ4n) is 2.93. The predicted octanol–water partition coefficient (Wildman–Crippen LogP) is 4.11. The maximum absolute atomic E-state index is 13.1. The van der Waals surface area contributed by atoms with Gasteiger partial charge in [0.1, 0.15) is 6.04 Å². The Balaban J connectivity index is 2.13. The topological polar surface area (TPSA) is 49.4 Å². The van der Waals surface area contributed by atoms with Crippen molar-refractivity contribution in [3.63, 3.8) is 0 Å². The molecule has 4 nitrogen and oxygen atoms in total. The van der Waals surface area contributed by atoms with Crippen LogP contribution in [0.2, 0.25) is 5.02 Å². The molecule has 0 spiro atoms. The Bertz CT molecular complexity index is 777. The van der Waals surface area contributed by atoms with Crippen LogP contribution in [-0.4, -0.2) is 35.8 Å². The largest absolute Gasteiger partial charge is 0.354 e. The van der Waals surface area contributed by atoms with Gasteiger partial charge in [0, 0.05) is 18.1 Å². The molecule has 0 bridgehead atoms. The van der Waals surface area contributed by atoms with Gasteiger partial charge < -0.3 is 10.2 Å². The molecule has 2 aromatic rings. The number of nitrogens with zero attached hydrogens (tertiary/aromatic N) is 1. The van der Waals surface area contributed by atoms with E-state index in [2.05, 4.69) is 5.32 Å². The molecule has 150 valence electrons. The number of carbonyl (C=O) groups excluding carboxylic acids is 2. The molecule has 0 aliphatic carbocycles. The monoisotopic (exact) mass is 400 g/mol. The lowest BCUT2D eigenvalue weighted by atomic mass is 10.1. The molecule has 0 saturated carbocycles. The maximum Gasteiger partial charge on any atom is 0.242 e. The minimum Gasteiger partial charge on any atom is -0.354 e. The Morgan fingerprint density at radius 3 is 2.29 bits per heavy atom. The standard InChI is InChI=1S/C23H29ClN2O2/c1-17(2)16-25-23(28)18(3)26(14-13-19-9-5-4-6-10-19)22(27)15-20-11-7-8-12-21(20)24/h4-12,17-18H,13-16H2,1-3H3,(H,25,28)/t18-/m0/s1. The van der Waals surface area contributed by atoms with Crippen molar-refractivity contribution in [1.82, 2.24) is 10.2 Å². The predicted molar refractivity (Wildman–Crippen MR) is 114 cm³/mol. The van der Waals surface area contributed by atoms with Crippen molar-refractivity contribution < 1.29 is 9.59 Å². The number of amides is 2. The first-order chi connectivity index (χ1) is 13.4. The molecule has 0 aromatic heterocycles. The van der Waals surface area contributed by atoms with Crippen LogP contribution in [0.1, 0.15) is 31.9 Å². The average Bonchev–Trinajstić information content (AvgIpc) is 2.68. The van der Waals surface area contributed by atoms with Crippen LogP contribution in [-0.2, 0) is 22.4 Å². The molecular formula is C23H29ClN2O2. The summed E-state index contributed by atoms with van der Waals surface area (Å²) < 4.78 is 0. The highest BCUT2D eigenvalue weighted by molar-refractivity contribution is 6.31. The van der Waals surface area contributed by atoms with Gasteiger partial charge in [-0.3, -0.25) is 9.59 Å². The van der Waals surface area contributed by atoms with Gasteiger partial charge in [0.05, 0.1) is 6.42 Å². The molecule has 0 radical (unpaired) electrons. The molecule has 0 fully saturated rings. The Hall–Kier alpha value is -2.33. The molecule has 0 aliphatic heterocycles. The molecule has 2 aromatic carbocycles. The van der Waals surface area contributed by atoms with Crippen LogP contribution in [0.5, 0.6) is 0 Å². The number of nitrogens with one attached hydrogen (secondary N) is 1. The van der Waals surface area contributed by atoms with Gasteiger partial charge in [-0.15, -0.1) is 0 Å². The number of benzene rings is 2. The van der Waals surface area contributed by atoms with Crippen molar-refractivity contribution in [3.8, 4) is 0 Å². The van der Waals surface area contributed by atoms with Crippen LogP contribution in [0.3, 0.4) is 0 Å². The average molecular weight is 401 g/mol. The summed E-state index contributed by atoms with van der Waals surface area (Å²) >= 11 is 6.22. The van der Waals surface area contributed by atoms with E-state index in [0.29, 0.717) is 30.5 Å². The van der Waals surface area contributed by atoms with Crippen molar-refractivity contribution in [1.29, 1.82) is 0 Å². The van der Waals surface area contributed by atoms with E-state index in [9.17, 15) is 9.59 Å². The van der Waals surface area contributed by atoms with Gasteiger partial charge in [0.2, 0.25) is 11.8 Å². The van der Waals surface area contributed by atoms with Gasteiger partial charge in [-0.2, -0.15) is 0 Å². The Morgan fingerprint density at radius 1 is 1.00 bits per heavy atom. The highest BCUT2D eigenvalue weighted by Crippen LogP contribution is 2.17. The second kappa shape index (κ2) is 10.9. The normalized spacial score (nSPS) is 11.9. The minimum absolute atomic E-state index is 0.101. The SMILES string of the molecule is CC(C)CNC(=O)[C@H](C)N(CCc1ccccc1)C(=O)Cc1ccccc1Cl. The van der Waals surface area contributed by atoms with Crippen LogP contribution < -0.4 is 5.32 Å². The van der Waals surface area contributed by atoms with E-state index in [1.807, 2.05) is 62.4 Å². The maximum atomic E-state index is 13.1. The third-order valence-corrected chi connectivity index (χ3v) is 5.00. The van der Waals surface area contributed by atoms with Crippen LogP contribution in [0.25, 0.3) is 0 Å². The summed E-state index contributed by atoms with van der Waals surface area (Å²) in [6.45, 7) is 6.93. The lowest BCUT2D eigenvalue weighted by Gasteiger charge is -2.29. The third-order valence-electron chi connectivity index (χ3n) is 4.64. The number of carbonyl (C=O) groups is 2. The van der Waals surface area contributed by atoms with Crippen molar-refractivity contribution >= 4 is 23.4 Å². The zero-order chi connectivity index (χ0) is 20.5. The van der Waals surface area contributed by atoms with E-state index in [-0.39, 0.29) is 18.2 Å². The van der Waals surface area contributed by atoms with Crippen molar-refractivity contribution in [2.75, 3.05) is 13.1 Å². The second-order valence-corrected chi connectivity index (χ2v) is 7.81. The molecule has 1 atom stereocenters. The summed E-state index contributed by atoms with van der Waals surface area (Å²) in [6, 6.07) is 16.8. The van der Waals surface area contributed by atoms with Gasteiger partial charge in [-0.25, -0.2) is 0 Å². The van der Waals surface area contributed by atoms with E-state index in [1.54, 1.807) is 17.9 Å². The van der Waals surface area contributed by atoms with Gasteiger partial charge >= 0.3 is 0 Å². The van der Waals surface area contributed by atoms with E-state index in [0.717, 1.165) is 11.1 Å². The van der Waals surface area contributed by atoms with E-state index in [4.69, 9.17) is 11.6 Å². The van der Waals surface area contributed by atoms with Crippen LogP contribution in [0.15, 0.2) is 54.6 Å². The minimum atomic E-state index is -0.544. The van der Waals surface area contributed by atoms with Crippen LogP contribution >= 0.6 is 11.6 Å². The quantitative estimate of drug-likeness (QED) is 0.688. The highest BCUT2D eigenvalue weighted by atomic mass is 35.5. The summed E-state index contributed by atoms with van der Waals surface area (Å²) in [4.78, 5) is 27.3. The summed E-state index contributed by atoms with van der Waals surface area (Å²) in [6.07, 6.45) is 0.868. The molecule has 0 heterocycles. The molecule has 2 amide bonds. The smallest absolute Gasteiger partial charge is 0.242 e. The first-order valence-corrected chi connectivity index (χ1v) is 10.1. The van der Waals surface area contributed by atoms with Crippen molar-refractivity contribution in [3.05, 3.63) is 70.7 Å². The van der Waals surface area contributed by atoms with E-state index >= 15 is 0 Å². The first-order valence-electron chi connectivity index (χ1n) is 9.73. The van der Waals surface area contributed by atoms with E-state index in [1.165, 1.54) is 0 Å². The number of hydrogen-bond acceptors (Lipinski definition) is 2. The number of hydrogen-bond donors (Lipinski definition) is 1. The van der Waals surface area contributed by atoms with Crippen LogP contribution in [0, 0.1) is 5.92 Å². The van der Waals surface area contributed by atoms with Gasteiger partial charge in [-0.1, -0.05) is 74.0 Å². The fraction of sp³-hybridized carbons (Fsp3) is 0.391. The van der Waals surface area contributed by atoms with Gasteiger partial charge in [0.15, 0.2) is 0 Å². The Labute approximate surface area is 172 Å². The van der Waals surface area contributed by atoms with E-state index < -0.39 is 6.04 Å². The van der Waals surface area contributed by atoms with Gasteiger partial charge in [0.25, 0.3) is 0 Å².